The van der Waals surface area contributed by atoms with Crippen LogP contribution in [0.2, 0.25) is 0 Å². The molecule has 0 spiro atoms. The molecular weight excluding hydrogens is 252 g/mol. The van der Waals surface area contributed by atoms with Crippen LogP contribution < -0.4 is 10.5 Å². The van der Waals surface area contributed by atoms with Gasteiger partial charge in [0.1, 0.15) is 5.82 Å². The third kappa shape index (κ3) is 2.95. The molecule has 2 aromatic rings. The normalized spacial score (nSPS) is 11.6. The van der Waals surface area contributed by atoms with E-state index in [0.717, 1.165) is 5.56 Å². The fourth-order valence-corrected chi connectivity index (χ4v) is 2.43. The first-order valence-corrected chi connectivity index (χ1v) is 6.87. The lowest BCUT2D eigenvalue weighted by Crippen LogP contribution is -2.23. The van der Waals surface area contributed by atoms with Crippen LogP contribution in [0.5, 0.6) is 0 Å². The van der Waals surface area contributed by atoms with Crippen molar-refractivity contribution in [1.29, 1.82) is 0 Å². The third-order valence-electron chi connectivity index (χ3n) is 2.45. The highest BCUT2D eigenvalue weighted by Crippen LogP contribution is 2.10. The Hall–Kier alpha value is -1.70. The van der Waals surface area contributed by atoms with Crippen LogP contribution in [0.25, 0.3) is 0 Å². The molecule has 0 saturated heterocycles. The Morgan fingerprint density at radius 3 is 2.56 bits per heavy atom. The lowest BCUT2D eigenvalue weighted by Gasteiger charge is -2.06. The fourth-order valence-electron chi connectivity index (χ4n) is 1.45. The zero-order chi connectivity index (χ0) is 13.0. The highest BCUT2D eigenvalue weighted by Gasteiger charge is 2.13. The van der Waals surface area contributed by atoms with Gasteiger partial charge >= 0.3 is 0 Å². The number of hydrogen-bond donors (Lipinski definition) is 3. The van der Waals surface area contributed by atoms with E-state index in [9.17, 15) is 8.42 Å². The average Bonchev–Trinajstić information content (AvgIpc) is 2.90. The van der Waals surface area contributed by atoms with Crippen molar-refractivity contribution >= 4 is 10.0 Å². The number of nitrogens with one attached hydrogen (secondary N) is 2. The van der Waals surface area contributed by atoms with Crippen molar-refractivity contribution < 1.29 is 8.42 Å². The number of hydrogen-bond acceptors (Lipinski definition) is 4. The number of nitrogens with zero attached hydrogens (tertiary/aromatic N) is 1. The summed E-state index contributed by atoms with van der Waals surface area (Å²) < 4.78 is 26.3. The molecule has 4 N–H and O–H groups in total. The molecule has 0 atom stereocenters. The number of nitrogens with two attached hydrogens (primary N) is 1. The number of aromatic amines is 1. The first-order valence-electron chi connectivity index (χ1n) is 5.39. The maximum absolute atomic E-state index is 11.9. The second-order valence-electron chi connectivity index (χ2n) is 3.71. The highest BCUT2D eigenvalue weighted by atomic mass is 32.2. The lowest BCUT2D eigenvalue weighted by molar-refractivity contribution is 0.579. The molecular formula is C11H14N4O2S. The van der Waals surface area contributed by atoms with Gasteiger partial charge in [0.2, 0.25) is 10.0 Å². The SMILES string of the molecule is NCc1ccc(S(=O)(=O)NCc2ncc[nH]2)cc1. The second kappa shape index (κ2) is 5.30. The van der Waals surface area contributed by atoms with Gasteiger partial charge < -0.3 is 10.7 Å². The Kier molecular flexibility index (Phi) is 3.75. The quantitative estimate of drug-likeness (QED) is 0.726. The van der Waals surface area contributed by atoms with Gasteiger partial charge in [-0.15, -0.1) is 0 Å². The molecule has 0 fully saturated rings. The maximum Gasteiger partial charge on any atom is 0.240 e. The monoisotopic (exact) mass is 266 g/mol. The molecule has 0 radical (unpaired) electrons. The molecule has 0 amide bonds. The molecule has 0 unspecified atom stereocenters. The molecule has 1 aromatic carbocycles. The average molecular weight is 266 g/mol. The largest absolute Gasteiger partial charge is 0.347 e. The summed E-state index contributed by atoms with van der Waals surface area (Å²) >= 11 is 0. The Bertz CT molecular complexity index is 590. The summed E-state index contributed by atoms with van der Waals surface area (Å²) in [6, 6.07) is 6.46. The van der Waals surface area contributed by atoms with Crippen molar-refractivity contribution in [3.8, 4) is 0 Å². The minimum Gasteiger partial charge on any atom is -0.347 e. The number of imidazole rings is 1. The van der Waals surface area contributed by atoms with E-state index < -0.39 is 10.0 Å². The molecule has 0 bridgehead atoms. The molecule has 0 aliphatic rings. The lowest BCUT2D eigenvalue weighted by atomic mass is 10.2. The molecule has 1 aromatic heterocycles. The Morgan fingerprint density at radius 2 is 2.00 bits per heavy atom. The van der Waals surface area contributed by atoms with Gasteiger partial charge in [0.05, 0.1) is 11.4 Å². The van der Waals surface area contributed by atoms with Crippen molar-refractivity contribution in [3.63, 3.8) is 0 Å². The van der Waals surface area contributed by atoms with Gasteiger partial charge in [-0.2, -0.15) is 0 Å². The van der Waals surface area contributed by atoms with E-state index in [2.05, 4.69) is 14.7 Å². The molecule has 2 rings (SSSR count). The first kappa shape index (κ1) is 12.7. The van der Waals surface area contributed by atoms with Crippen molar-refractivity contribution in [1.82, 2.24) is 14.7 Å². The van der Waals surface area contributed by atoms with E-state index in [4.69, 9.17) is 5.73 Å². The smallest absolute Gasteiger partial charge is 0.240 e. The van der Waals surface area contributed by atoms with Crippen LogP contribution in [0.3, 0.4) is 0 Å². The standard InChI is InChI=1S/C11H14N4O2S/c12-7-9-1-3-10(4-2-9)18(16,17)15-8-11-13-5-6-14-11/h1-6,15H,7-8,12H2,(H,13,14). The predicted octanol–water partition coefficient (Wildman–Crippen LogP) is 0.347. The molecule has 0 aliphatic carbocycles. The summed E-state index contributed by atoms with van der Waals surface area (Å²) in [4.78, 5) is 6.98. The van der Waals surface area contributed by atoms with Crippen LogP contribution in [-0.2, 0) is 23.1 Å². The summed E-state index contributed by atoms with van der Waals surface area (Å²) in [6.45, 7) is 0.522. The Morgan fingerprint density at radius 1 is 1.28 bits per heavy atom. The van der Waals surface area contributed by atoms with E-state index in [1.54, 1.807) is 24.5 Å². The van der Waals surface area contributed by atoms with Gasteiger partial charge in [0.15, 0.2) is 0 Å². The Labute approximate surface area is 105 Å². The number of rotatable bonds is 5. The van der Waals surface area contributed by atoms with Gasteiger partial charge in [0.25, 0.3) is 0 Å². The minimum absolute atomic E-state index is 0.133. The maximum atomic E-state index is 11.9. The van der Waals surface area contributed by atoms with Crippen LogP contribution in [-0.4, -0.2) is 18.4 Å². The van der Waals surface area contributed by atoms with Crippen molar-refractivity contribution in [2.24, 2.45) is 5.73 Å². The molecule has 1 heterocycles. The molecule has 6 nitrogen and oxygen atoms in total. The van der Waals surface area contributed by atoms with Crippen molar-refractivity contribution in [2.45, 2.75) is 18.0 Å². The Balaban J connectivity index is 2.09. The zero-order valence-electron chi connectivity index (χ0n) is 9.63. The van der Waals surface area contributed by atoms with Gasteiger partial charge in [-0.25, -0.2) is 18.1 Å². The third-order valence-corrected chi connectivity index (χ3v) is 3.87. The summed E-state index contributed by atoms with van der Waals surface area (Å²) in [5.41, 5.74) is 6.34. The number of benzene rings is 1. The minimum atomic E-state index is -3.51. The van der Waals surface area contributed by atoms with Gasteiger partial charge in [-0.1, -0.05) is 12.1 Å². The summed E-state index contributed by atoms with van der Waals surface area (Å²) in [5, 5.41) is 0. The molecule has 18 heavy (non-hydrogen) atoms. The topological polar surface area (TPSA) is 101 Å². The van der Waals surface area contributed by atoms with E-state index >= 15 is 0 Å². The van der Waals surface area contributed by atoms with Crippen LogP contribution in [0.4, 0.5) is 0 Å². The van der Waals surface area contributed by atoms with Crippen LogP contribution in [0, 0.1) is 0 Å². The van der Waals surface area contributed by atoms with Crippen molar-refractivity contribution in [2.75, 3.05) is 0 Å². The number of aromatic nitrogens is 2. The van der Waals surface area contributed by atoms with Gasteiger partial charge in [-0.05, 0) is 17.7 Å². The van der Waals surface area contributed by atoms with Gasteiger partial charge in [0, 0.05) is 18.9 Å². The van der Waals surface area contributed by atoms with Crippen molar-refractivity contribution in [3.05, 3.63) is 48.0 Å². The molecule has 0 saturated carbocycles. The zero-order valence-corrected chi connectivity index (χ0v) is 10.4. The van der Waals surface area contributed by atoms with E-state index in [1.807, 2.05) is 0 Å². The molecule has 7 heteroatoms. The summed E-state index contributed by atoms with van der Waals surface area (Å²) in [6.07, 6.45) is 3.21. The number of sulfonamides is 1. The molecule has 0 aliphatic heterocycles. The predicted molar refractivity (Wildman–Crippen MR) is 66.9 cm³/mol. The summed E-state index contributed by atoms with van der Waals surface area (Å²) in [5.74, 6) is 0.567. The van der Waals surface area contributed by atoms with E-state index in [0.29, 0.717) is 12.4 Å². The van der Waals surface area contributed by atoms with E-state index in [1.165, 1.54) is 12.1 Å². The molecule has 96 valence electrons. The summed E-state index contributed by atoms with van der Waals surface area (Å²) in [7, 11) is -3.51. The first-order chi connectivity index (χ1) is 8.62. The van der Waals surface area contributed by atoms with E-state index in [-0.39, 0.29) is 11.4 Å². The van der Waals surface area contributed by atoms with Crippen LogP contribution in [0.1, 0.15) is 11.4 Å². The van der Waals surface area contributed by atoms with Crippen LogP contribution in [0.15, 0.2) is 41.6 Å². The van der Waals surface area contributed by atoms with Crippen LogP contribution >= 0.6 is 0 Å². The van der Waals surface area contributed by atoms with Gasteiger partial charge in [-0.3, -0.25) is 0 Å². The highest BCUT2D eigenvalue weighted by molar-refractivity contribution is 7.89. The number of H-pyrrole nitrogens is 1. The second-order valence-corrected chi connectivity index (χ2v) is 5.48. The fraction of sp³-hybridized carbons (Fsp3) is 0.182.